The van der Waals surface area contributed by atoms with Gasteiger partial charge in [0.15, 0.2) is 0 Å². The van der Waals surface area contributed by atoms with Crippen molar-refractivity contribution < 1.29 is 19.1 Å². The maximum atomic E-state index is 13.7. The molecule has 2 heterocycles. The Morgan fingerprint density at radius 1 is 1.05 bits per heavy atom. The van der Waals surface area contributed by atoms with Gasteiger partial charge < -0.3 is 20.3 Å². The number of carbonyl (C=O) groups excluding carboxylic acids is 3. The molecule has 38 heavy (non-hydrogen) atoms. The highest BCUT2D eigenvalue weighted by atomic mass is 35.5. The average molecular weight is 563 g/mol. The maximum absolute atomic E-state index is 13.7. The number of ether oxygens (including phenoxy) is 1. The molecule has 208 valence electrons. The molecule has 2 aromatic rings. The predicted octanol–water partition coefficient (Wildman–Crippen LogP) is 4.90. The number of hydrogen-bond donors (Lipinski definition) is 2. The van der Waals surface area contributed by atoms with Gasteiger partial charge in [0.1, 0.15) is 12.6 Å². The highest BCUT2D eigenvalue weighted by Crippen LogP contribution is 2.25. The van der Waals surface area contributed by atoms with Crippen molar-refractivity contribution in [3.05, 3.63) is 45.6 Å². The van der Waals surface area contributed by atoms with E-state index >= 15 is 0 Å². The molecular formula is C28H39ClN4O4S. The summed E-state index contributed by atoms with van der Waals surface area (Å²) in [6.07, 6.45) is 0. The molecule has 1 saturated heterocycles. The zero-order valence-corrected chi connectivity index (χ0v) is 24.7. The van der Waals surface area contributed by atoms with Gasteiger partial charge in [-0.25, -0.2) is 0 Å². The fourth-order valence-electron chi connectivity index (χ4n) is 4.34. The molecule has 0 aliphatic carbocycles. The SMILES string of the molecule is CC(C)(C)CN(CC(C)(C)C)[C@@H](CNC(=O)c1ccc(Cl)s1)C(=O)Nc1ccc(N2CCOCC2=O)cc1. The van der Waals surface area contributed by atoms with Crippen molar-refractivity contribution in [1.29, 1.82) is 0 Å². The Balaban J connectivity index is 1.80. The first-order valence-electron chi connectivity index (χ1n) is 12.8. The highest BCUT2D eigenvalue weighted by molar-refractivity contribution is 7.18. The Bertz CT molecular complexity index is 1110. The van der Waals surface area contributed by atoms with Crippen molar-refractivity contribution in [2.75, 3.05) is 49.6 Å². The van der Waals surface area contributed by atoms with Gasteiger partial charge in [-0.15, -0.1) is 11.3 Å². The number of halogens is 1. The lowest BCUT2D eigenvalue weighted by Crippen LogP contribution is -2.54. The van der Waals surface area contributed by atoms with Crippen LogP contribution in [-0.4, -0.2) is 68.1 Å². The molecule has 3 amide bonds. The molecule has 1 aromatic heterocycles. The number of amides is 3. The van der Waals surface area contributed by atoms with Crippen LogP contribution in [0.15, 0.2) is 36.4 Å². The predicted molar refractivity (Wildman–Crippen MR) is 154 cm³/mol. The summed E-state index contributed by atoms with van der Waals surface area (Å²) in [7, 11) is 0. The molecule has 8 nitrogen and oxygen atoms in total. The molecule has 10 heteroatoms. The van der Waals surface area contributed by atoms with Crippen LogP contribution in [0, 0.1) is 10.8 Å². The second-order valence-electron chi connectivity index (χ2n) is 12.0. The van der Waals surface area contributed by atoms with Crippen molar-refractivity contribution in [2.45, 2.75) is 47.6 Å². The van der Waals surface area contributed by atoms with Gasteiger partial charge in [0.05, 0.1) is 15.8 Å². The molecule has 2 N–H and O–H groups in total. The molecular weight excluding hydrogens is 524 g/mol. The minimum Gasteiger partial charge on any atom is -0.370 e. The number of morpholine rings is 1. The minimum absolute atomic E-state index is 0.0680. The van der Waals surface area contributed by atoms with E-state index in [0.717, 1.165) is 5.69 Å². The Kier molecular flexibility index (Phi) is 9.97. The van der Waals surface area contributed by atoms with E-state index in [1.807, 2.05) is 12.1 Å². The smallest absolute Gasteiger partial charge is 0.261 e. The van der Waals surface area contributed by atoms with Gasteiger partial charge >= 0.3 is 0 Å². The van der Waals surface area contributed by atoms with Gasteiger partial charge in [0, 0.05) is 37.6 Å². The van der Waals surface area contributed by atoms with Gasteiger partial charge in [0.2, 0.25) is 5.91 Å². The average Bonchev–Trinajstić information content (AvgIpc) is 3.24. The van der Waals surface area contributed by atoms with Crippen LogP contribution >= 0.6 is 22.9 Å². The Hall–Kier alpha value is -2.46. The van der Waals surface area contributed by atoms with E-state index < -0.39 is 6.04 Å². The van der Waals surface area contributed by atoms with Crippen LogP contribution in [0.5, 0.6) is 0 Å². The second kappa shape index (κ2) is 12.6. The number of nitrogens with one attached hydrogen (secondary N) is 2. The summed E-state index contributed by atoms with van der Waals surface area (Å²) < 4.78 is 5.74. The van der Waals surface area contributed by atoms with Crippen LogP contribution in [0.1, 0.15) is 51.2 Å². The van der Waals surface area contributed by atoms with Gasteiger partial charge in [0.25, 0.3) is 11.8 Å². The standard InChI is InChI=1S/C28H39ClN4O4S/c1-27(2,3)17-32(18-28(4,5)6)21(15-30-26(36)22-11-12-23(29)38-22)25(35)31-19-7-9-20(10-8-19)33-13-14-37-16-24(33)34/h7-12,21H,13-18H2,1-6H3,(H,30,36)(H,31,35)/t21-/m0/s1. The van der Waals surface area contributed by atoms with Gasteiger partial charge in [-0.05, 0) is 47.2 Å². The number of carbonyl (C=O) groups is 3. The molecule has 0 saturated carbocycles. The fourth-order valence-corrected chi connectivity index (χ4v) is 5.30. The van der Waals surface area contributed by atoms with Crippen molar-refractivity contribution >= 4 is 52.0 Å². The summed E-state index contributed by atoms with van der Waals surface area (Å²) in [6.45, 7) is 15.3. The number of thiophene rings is 1. The number of rotatable bonds is 9. The topological polar surface area (TPSA) is 91.0 Å². The van der Waals surface area contributed by atoms with E-state index in [1.54, 1.807) is 29.2 Å². The summed E-state index contributed by atoms with van der Waals surface area (Å²) in [5, 5.41) is 5.97. The van der Waals surface area contributed by atoms with Crippen molar-refractivity contribution in [3.63, 3.8) is 0 Å². The first kappa shape index (κ1) is 30.1. The summed E-state index contributed by atoms with van der Waals surface area (Å²) in [6, 6.07) is 9.98. The zero-order chi connectivity index (χ0) is 28.1. The van der Waals surface area contributed by atoms with Crippen LogP contribution in [0.4, 0.5) is 11.4 Å². The molecule has 0 radical (unpaired) electrons. The quantitative estimate of drug-likeness (QED) is 0.454. The first-order chi connectivity index (χ1) is 17.7. The van der Waals surface area contributed by atoms with Gasteiger partial charge in [-0.2, -0.15) is 0 Å². The summed E-state index contributed by atoms with van der Waals surface area (Å²) in [5.41, 5.74) is 1.24. The van der Waals surface area contributed by atoms with E-state index in [9.17, 15) is 14.4 Å². The lowest BCUT2D eigenvalue weighted by molar-refractivity contribution is -0.125. The Morgan fingerprint density at radius 3 is 2.21 bits per heavy atom. The van der Waals surface area contributed by atoms with Crippen molar-refractivity contribution in [1.82, 2.24) is 10.2 Å². The first-order valence-corrected chi connectivity index (χ1v) is 14.0. The molecule has 1 aromatic carbocycles. The molecule has 1 fully saturated rings. The lowest BCUT2D eigenvalue weighted by atomic mass is 9.90. The van der Waals surface area contributed by atoms with E-state index in [-0.39, 0.29) is 41.7 Å². The molecule has 0 bridgehead atoms. The second-order valence-corrected chi connectivity index (χ2v) is 13.7. The molecule has 1 aliphatic rings. The van der Waals surface area contributed by atoms with Crippen molar-refractivity contribution in [3.8, 4) is 0 Å². The molecule has 3 rings (SSSR count). The number of benzene rings is 1. The normalized spacial score (nSPS) is 15.5. The number of hydrogen-bond acceptors (Lipinski definition) is 6. The van der Waals surface area contributed by atoms with Crippen LogP contribution in [0.2, 0.25) is 4.34 Å². The van der Waals surface area contributed by atoms with Crippen LogP contribution in [0.25, 0.3) is 0 Å². The highest BCUT2D eigenvalue weighted by Gasteiger charge is 2.32. The van der Waals surface area contributed by atoms with Gasteiger partial charge in [-0.1, -0.05) is 53.1 Å². The maximum Gasteiger partial charge on any atom is 0.261 e. The third kappa shape index (κ3) is 9.08. The zero-order valence-electron chi connectivity index (χ0n) is 23.1. The van der Waals surface area contributed by atoms with Gasteiger partial charge in [-0.3, -0.25) is 19.3 Å². The summed E-state index contributed by atoms with van der Waals surface area (Å²) in [5.74, 6) is -0.556. The largest absolute Gasteiger partial charge is 0.370 e. The van der Waals surface area contributed by atoms with Crippen LogP contribution in [0.3, 0.4) is 0 Å². The Morgan fingerprint density at radius 2 is 1.68 bits per heavy atom. The van der Waals surface area contributed by atoms with E-state index in [0.29, 0.717) is 41.1 Å². The van der Waals surface area contributed by atoms with E-state index in [1.165, 1.54) is 11.3 Å². The van der Waals surface area contributed by atoms with E-state index in [4.69, 9.17) is 16.3 Å². The fraction of sp³-hybridized carbons (Fsp3) is 0.536. The van der Waals surface area contributed by atoms with Crippen LogP contribution < -0.4 is 15.5 Å². The lowest BCUT2D eigenvalue weighted by Gasteiger charge is -2.39. The third-order valence-corrected chi connectivity index (χ3v) is 7.01. The Labute approximate surface area is 234 Å². The number of anilines is 2. The van der Waals surface area contributed by atoms with E-state index in [2.05, 4.69) is 57.1 Å². The van der Waals surface area contributed by atoms with Crippen LogP contribution in [-0.2, 0) is 14.3 Å². The summed E-state index contributed by atoms with van der Waals surface area (Å²) >= 11 is 7.21. The molecule has 0 spiro atoms. The van der Waals surface area contributed by atoms with Crippen molar-refractivity contribution in [2.24, 2.45) is 10.8 Å². The molecule has 1 atom stereocenters. The number of nitrogens with zero attached hydrogens (tertiary/aromatic N) is 2. The third-order valence-electron chi connectivity index (χ3n) is 5.78. The monoisotopic (exact) mass is 562 g/mol. The molecule has 0 unspecified atom stereocenters. The summed E-state index contributed by atoms with van der Waals surface area (Å²) in [4.78, 5) is 43.0. The minimum atomic E-state index is -0.603. The molecule has 1 aliphatic heterocycles.